The fourth-order valence-corrected chi connectivity index (χ4v) is 2.53. The molecule has 2 rings (SSSR count). The molecule has 2 amide bonds. The summed E-state index contributed by atoms with van der Waals surface area (Å²) in [6.07, 6.45) is 0.986. The lowest BCUT2D eigenvalue weighted by Crippen LogP contribution is -2.33. The summed E-state index contributed by atoms with van der Waals surface area (Å²) in [5.41, 5.74) is 0.464. The molecule has 7 nitrogen and oxygen atoms in total. The molecule has 1 aliphatic rings. The van der Waals surface area contributed by atoms with E-state index in [0.717, 1.165) is 23.1 Å². The van der Waals surface area contributed by atoms with Gasteiger partial charge in [0.1, 0.15) is 6.61 Å². The first-order valence-electron chi connectivity index (χ1n) is 6.30. The number of ether oxygens (including phenoxy) is 1. The molecule has 2 heterocycles. The van der Waals surface area contributed by atoms with Gasteiger partial charge >= 0.3 is 6.09 Å². The number of H-pyrrole nitrogens is 1. The number of nitrogens with zero attached hydrogens (tertiary/aromatic N) is 2. The smallest absolute Gasteiger partial charge is 0.416 e. The summed E-state index contributed by atoms with van der Waals surface area (Å²) in [6.45, 7) is 2.51. The van der Waals surface area contributed by atoms with Crippen LogP contribution in [0.25, 0.3) is 0 Å². The Bertz CT molecular complexity index is 572. The third-order valence-corrected chi connectivity index (χ3v) is 3.53. The van der Waals surface area contributed by atoms with Crippen molar-refractivity contribution in [1.82, 2.24) is 14.9 Å². The maximum absolute atomic E-state index is 11.8. The van der Waals surface area contributed by atoms with Gasteiger partial charge in [0, 0.05) is 11.8 Å². The van der Waals surface area contributed by atoms with Crippen molar-refractivity contribution in [3.05, 3.63) is 22.1 Å². The molecule has 0 spiro atoms. The van der Waals surface area contributed by atoms with Crippen molar-refractivity contribution in [3.8, 4) is 0 Å². The molecule has 20 heavy (non-hydrogen) atoms. The number of rotatable bonds is 5. The Balaban J connectivity index is 1.98. The molecule has 1 fully saturated rings. The number of aromatic nitrogens is 2. The summed E-state index contributed by atoms with van der Waals surface area (Å²) in [6, 6.07) is 1.45. The highest BCUT2D eigenvalue weighted by atomic mass is 32.2. The molecule has 108 valence electrons. The van der Waals surface area contributed by atoms with Crippen molar-refractivity contribution in [1.29, 1.82) is 0 Å². The number of hydrogen-bond donors (Lipinski definition) is 1. The van der Waals surface area contributed by atoms with Gasteiger partial charge in [-0.1, -0.05) is 25.1 Å². The van der Waals surface area contributed by atoms with Crippen LogP contribution in [0.1, 0.15) is 19.0 Å². The first-order chi connectivity index (χ1) is 9.60. The number of carbonyl (C=O) groups excluding carboxylic acids is 2. The Morgan fingerprint density at radius 2 is 2.35 bits per heavy atom. The number of aromatic amines is 1. The number of cyclic esters (lactones) is 1. The zero-order chi connectivity index (χ0) is 14.5. The summed E-state index contributed by atoms with van der Waals surface area (Å²) in [5.74, 6) is -0.311. The number of carbonyl (C=O) groups is 2. The minimum absolute atomic E-state index is 0.0353. The van der Waals surface area contributed by atoms with Gasteiger partial charge in [-0.05, 0) is 6.42 Å². The van der Waals surface area contributed by atoms with E-state index in [2.05, 4.69) is 9.97 Å². The minimum atomic E-state index is -0.614. The Kier molecular flexibility index (Phi) is 4.78. The Morgan fingerprint density at radius 3 is 3.00 bits per heavy atom. The van der Waals surface area contributed by atoms with Crippen LogP contribution in [-0.4, -0.2) is 45.8 Å². The second-order valence-electron chi connectivity index (χ2n) is 4.24. The van der Waals surface area contributed by atoms with Gasteiger partial charge in [0.15, 0.2) is 5.16 Å². The number of hydrogen-bond acceptors (Lipinski definition) is 6. The van der Waals surface area contributed by atoms with Crippen LogP contribution >= 0.6 is 11.8 Å². The molecule has 0 saturated carbocycles. The second-order valence-corrected chi connectivity index (χ2v) is 5.20. The molecule has 1 aromatic heterocycles. The third kappa shape index (κ3) is 3.60. The predicted octanol–water partition coefficient (Wildman–Crippen LogP) is 0.793. The first-order valence-corrected chi connectivity index (χ1v) is 7.29. The minimum Gasteiger partial charge on any atom is -0.447 e. The number of nitrogens with one attached hydrogen (secondary N) is 1. The molecule has 0 radical (unpaired) electrons. The zero-order valence-electron chi connectivity index (χ0n) is 11.0. The van der Waals surface area contributed by atoms with Crippen molar-refractivity contribution in [3.63, 3.8) is 0 Å². The van der Waals surface area contributed by atoms with E-state index in [4.69, 9.17) is 4.74 Å². The zero-order valence-corrected chi connectivity index (χ0v) is 11.9. The van der Waals surface area contributed by atoms with E-state index < -0.39 is 6.09 Å². The average Bonchev–Trinajstić information content (AvgIpc) is 2.82. The Labute approximate surface area is 119 Å². The molecule has 1 aromatic rings. The lowest BCUT2D eigenvalue weighted by Gasteiger charge is -2.09. The standard InChI is InChI=1S/C12H15N3O4S/c1-2-3-8-6-9(16)14-11(13-8)20-7-10(17)15-4-5-19-12(15)18/h6H,2-5,7H2,1H3,(H,13,14,16). The normalized spacial score (nSPS) is 14.4. The summed E-state index contributed by atoms with van der Waals surface area (Å²) in [5, 5.41) is 0.391. The largest absolute Gasteiger partial charge is 0.447 e. The molecule has 1 saturated heterocycles. The first kappa shape index (κ1) is 14.6. The molecule has 0 bridgehead atoms. The lowest BCUT2D eigenvalue weighted by molar-refractivity contribution is -0.125. The molecule has 0 aromatic carbocycles. The second kappa shape index (κ2) is 6.56. The van der Waals surface area contributed by atoms with Gasteiger partial charge in [-0.25, -0.2) is 14.7 Å². The Hall–Kier alpha value is -1.83. The van der Waals surface area contributed by atoms with E-state index in [0.29, 0.717) is 17.3 Å². The summed E-state index contributed by atoms with van der Waals surface area (Å²) >= 11 is 1.11. The average molecular weight is 297 g/mol. The van der Waals surface area contributed by atoms with E-state index in [-0.39, 0.29) is 30.4 Å². The van der Waals surface area contributed by atoms with Crippen LogP contribution in [0.4, 0.5) is 4.79 Å². The van der Waals surface area contributed by atoms with Crippen LogP contribution in [0, 0.1) is 0 Å². The Morgan fingerprint density at radius 1 is 1.55 bits per heavy atom. The van der Waals surface area contributed by atoms with Crippen molar-refractivity contribution in [2.45, 2.75) is 24.9 Å². The van der Waals surface area contributed by atoms with Crippen LogP contribution in [0.5, 0.6) is 0 Å². The molecular formula is C12H15N3O4S. The van der Waals surface area contributed by atoms with E-state index >= 15 is 0 Å². The molecule has 0 unspecified atom stereocenters. The number of thioether (sulfide) groups is 1. The fourth-order valence-electron chi connectivity index (χ4n) is 1.76. The van der Waals surface area contributed by atoms with Crippen LogP contribution in [-0.2, 0) is 16.0 Å². The van der Waals surface area contributed by atoms with Gasteiger partial charge in [-0.3, -0.25) is 9.59 Å². The molecular weight excluding hydrogens is 282 g/mol. The molecule has 1 N–H and O–H groups in total. The highest BCUT2D eigenvalue weighted by molar-refractivity contribution is 7.99. The van der Waals surface area contributed by atoms with E-state index in [9.17, 15) is 14.4 Å². The van der Waals surface area contributed by atoms with Crippen LogP contribution < -0.4 is 5.56 Å². The number of aryl methyl sites for hydroxylation is 1. The van der Waals surface area contributed by atoms with Gasteiger partial charge in [0.2, 0.25) is 5.91 Å². The van der Waals surface area contributed by atoms with Gasteiger partial charge in [-0.15, -0.1) is 0 Å². The monoisotopic (exact) mass is 297 g/mol. The van der Waals surface area contributed by atoms with Crippen LogP contribution in [0.2, 0.25) is 0 Å². The molecule has 8 heteroatoms. The lowest BCUT2D eigenvalue weighted by atomic mass is 10.2. The predicted molar refractivity (Wildman–Crippen MR) is 72.6 cm³/mol. The number of amides is 2. The van der Waals surface area contributed by atoms with E-state index in [1.54, 1.807) is 0 Å². The SMILES string of the molecule is CCCc1cc(=O)[nH]c(SCC(=O)N2CCOC2=O)n1. The van der Waals surface area contributed by atoms with Crippen molar-refractivity contribution in [2.24, 2.45) is 0 Å². The van der Waals surface area contributed by atoms with Crippen molar-refractivity contribution >= 4 is 23.8 Å². The van der Waals surface area contributed by atoms with E-state index in [1.165, 1.54) is 6.07 Å². The van der Waals surface area contributed by atoms with Gasteiger partial charge in [0.25, 0.3) is 5.56 Å². The quantitative estimate of drug-likeness (QED) is 0.638. The van der Waals surface area contributed by atoms with Gasteiger partial charge < -0.3 is 9.72 Å². The van der Waals surface area contributed by atoms with Crippen LogP contribution in [0.3, 0.4) is 0 Å². The van der Waals surface area contributed by atoms with Gasteiger partial charge in [-0.2, -0.15) is 0 Å². The van der Waals surface area contributed by atoms with Crippen molar-refractivity contribution < 1.29 is 14.3 Å². The maximum atomic E-state index is 11.8. The highest BCUT2D eigenvalue weighted by Gasteiger charge is 2.28. The maximum Gasteiger partial charge on any atom is 0.416 e. The highest BCUT2D eigenvalue weighted by Crippen LogP contribution is 2.14. The molecule has 0 atom stereocenters. The van der Waals surface area contributed by atoms with Crippen molar-refractivity contribution in [2.75, 3.05) is 18.9 Å². The molecule has 0 aliphatic carbocycles. The van der Waals surface area contributed by atoms with Crippen LogP contribution in [0.15, 0.2) is 16.0 Å². The summed E-state index contributed by atoms with van der Waals surface area (Å²) < 4.78 is 4.69. The third-order valence-electron chi connectivity index (χ3n) is 2.67. The summed E-state index contributed by atoms with van der Waals surface area (Å²) in [7, 11) is 0. The number of imide groups is 1. The fraction of sp³-hybridized carbons (Fsp3) is 0.500. The topological polar surface area (TPSA) is 92.4 Å². The molecule has 1 aliphatic heterocycles. The summed E-state index contributed by atoms with van der Waals surface area (Å²) in [4.78, 5) is 42.4. The van der Waals surface area contributed by atoms with E-state index in [1.807, 2.05) is 6.92 Å². The van der Waals surface area contributed by atoms with Gasteiger partial charge in [0.05, 0.1) is 12.3 Å².